The van der Waals surface area contributed by atoms with Crippen molar-refractivity contribution in [2.45, 2.75) is 20.3 Å². The van der Waals surface area contributed by atoms with Crippen molar-refractivity contribution in [2.24, 2.45) is 0 Å². The van der Waals surface area contributed by atoms with E-state index in [1.54, 1.807) is 0 Å². The molecule has 0 atom stereocenters. The third-order valence-electron chi connectivity index (χ3n) is 2.53. The first-order chi connectivity index (χ1) is 7.36. The number of rotatable bonds is 7. The van der Waals surface area contributed by atoms with Gasteiger partial charge in [0.1, 0.15) is 5.75 Å². The number of hydrogen-bond donors (Lipinski definition) is 0. The van der Waals surface area contributed by atoms with Crippen LogP contribution in [0.25, 0.3) is 0 Å². The van der Waals surface area contributed by atoms with Crippen LogP contribution in [0.3, 0.4) is 0 Å². The lowest BCUT2D eigenvalue weighted by molar-refractivity contribution is 0.249. The molecule has 0 aromatic heterocycles. The Morgan fingerprint density at radius 2 is 1.73 bits per heavy atom. The fourth-order valence-electron chi connectivity index (χ4n) is 1.53. The lowest BCUT2D eigenvalue weighted by Crippen LogP contribution is -2.25. The Hall–Kier alpha value is -1.02. The van der Waals surface area contributed by atoms with Gasteiger partial charge in [-0.2, -0.15) is 0 Å². The zero-order chi connectivity index (χ0) is 10.9. The molecule has 0 saturated carbocycles. The van der Waals surface area contributed by atoms with Crippen LogP contribution in [0.2, 0.25) is 0 Å². The molecule has 0 fully saturated rings. The van der Waals surface area contributed by atoms with Crippen molar-refractivity contribution in [2.75, 3.05) is 26.2 Å². The van der Waals surface area contributed by atoms with Crippen LogP contribution < -0.4 is 4.74 Å². The fourth-order valence-corrected chi connectivity index (χ4v) is 1.53. The third-order valence-corrected chi connectivity index (χ3v) is 2.53. The summed E-state index contributed by atoms with van der Waals surface area (Å²) in [6, 6.07) is 10.00. The Morgan fingerprint density at radius 3 is 2.33 bits per heavy atom. The SMILES string of the molecule is CCN(CC)CCCOc1ccccc1. The van der Waals surface area contributed by atoms with E-state index in [0.717, 1.165) is 38.4 Å². The normalized spacial score (nSPS) is 10.6. The Kier molecular flexibility index (Phi) is 5.86. The highest BCUT2D eigenvalue weighted by atomic mass is 16.5. The number of ether oxygens (including phenoxy) is 1. The Balaban J connectivity index is 2.12. The molecule has 2 nitrogen and oxygen atoms in total. The molecule has 0 amide bonds. The van der Waals surface area contributed by atoms with E-state index in [1.165, 1.54) is 0 Å². The summed E-state index contributed by atoms with van der Waals surface area (Å²) >= 11 is 0. The highest BCUT2D eigenvalue weighted by molar-refractivity contribution is 5.20. The van der Waals surface area contributed by atoms with E-state index in [1.807, 2.05) is 30.3 Å². The van der Waals surface area contributed by atoms with Gasteiger partial charge in [-0.3, -0.25) is 0 Å². The van der Waals surface area contributed by atoms with Gasteiger partial charge in [-0.15, -0.1) is 0 Å². The van der Waals surface area contributed by atoms with Gasteiger partial charge >= 0.3 is 0 Å². The molecule has 0 bridgehead atoms. The van der Waals surface area contributed by atoms with Crippen molar-refractivity contribution in [1.29, 1.82) is 0 Å². The second-order valence-electron chi connectivity index (χ2n) is 3.54. The molecular weight excluding hydrogens is 186 g/mol. The lowest BCUT2D eigenvalue weighted by atomic mass is 10.3. The van der Waals surface area contributed by atoms with Crippen LogP contribution in [0.4, 0.5) is 0 Å². The number of benzene rings is 1. The van der Waals surface area contributed by atoms with E-state index >= 15 is 0 Å². The molecule has 0 N–H and O–H groups in total. The van der Waals surface area contributed by atoms with E-state index in [0.29, 0.717) is 0 Å². The smallest absolute Gasteiger partial charge is 0.119 e. The maximum Gasteiger partial charge on any atom is 0.119 e. The summed E-state index contributed by atoms with van der Waals surface area (Å²) in [5, 5.41) is 0. The first-order valence-electron chi connectivity index (χ1n) is 5.77. The molecule has 2 heteroatoms. The molecule has 1 aromatic carbocycles. The van der Waals surface area contributed by atoms with Crippen LogP contribution >= 0.6 is 0 Å². The zero-order valence-corrected chi connectivity index (χ0v) is 9.78. The summed E-state index contributed by atoms with van der Waals surface area (Å²) in [7, 11) is 0. The predicted octanol–water partition coefficient (Wildman–Crippen LogP) is 2.80. The Bertz CT molecular complexity index is 244. The second-order valence-corrected chi connectivity index (χ2v) is 3.54. The summed E-state index contributed by atoms with van der Waals surface area (Å²) in [6.07, 6.45) is 1.09. The van der Waals surface area contributed by atoms with Crippen LogP contribution in [-0.2, 0) is 0 Å². The van der Waals surface area contributed by atoms with E-state index in [4.69, 9.17) is 4.74 Å². The van der Waals surface area contributed by atoms with Crippen LogP contribution in [0.1, 0.15) is 20.3 Å². The maximum absolute atomic E-state index is 5.62. The summed E-state index contributed by atoms with van der Waals surface area (Å²) in [4.78, 5) is 2.41. The first-order valence-corrected chi connectivity index (χ1v) is 5.77. The van der Waals surface area contributed by atoms with Gasteiger partial charge in [-0.25, -0.2) is 0 Å². The monoisotopic (exact) mass is 207 g/mol. The largest absolute Gasteiger partial charge is 0.494 e. The quantitative estimate of drug-likeness (QED) is 0.637. The molecule has 0 saturated heterocycles. The van der Waals surface area contributed by atoms with Gasteiger partial charge in [0.15, 0.2) is 0 Å². The molecule has 1 rings (SSSR count). The van der Waals surface area contributed by atoms with Crippen molar-refractivity contribution in [3.05, 3.63) is 30.3 Å². The molecule has 0 aliphatic rings. The van der Waals surface area contributed by atoms with Crippen molar-refractivity contribution in [3.63, 3.8) is 0 Å². The van der Waals surface area contributed by atoms with Crippen molar-refractivity contribution in [1.82, 2.24) is 4.90 Å². The lowest BCUT2D eigenvalue weighted by Gasteiger charge is -2.17. The molecule has 0 unspecified atom stereocenters. The summed E-state index contributed by atoms with van der Waals surface area (Å²) in [5.41, 5.74) is 0. The van der Waals surface area contributed by atoms with Crippen LogP contribution in [0.15, 0.2) is 30.3 Å². The molecule has 1 aromatic rings. The number of nitrogens with zero attached hydrogens (tertiary/aromatic N) is 1. The van der Waals surface area contributed by atoms with E-state index in [9.17, 15) is 0 Å². The van der Waals surface area contributed by atoms with Crippen LogP contribution in [-0.4, -0.2) is 31.1 Å². The van der Waals surface area contributed by atoms with Gasteiger partial charge in [0, 0.05) is 6.54 Å². The van der Waals surface area contributed by atoms with Crippen LogP contribution in [0.5, 0.6) is 5.75 Å². The predicted molar refractivity (Wildman–Crippen MR) is 64.3 cm³/mol. The summed E-state index contributed by atoms with van der Waals surface area (Å²) in [6.45, 7) is 8.58. The minimum atomic E-state index is 0.806. The topological polar surface area (TPSA) is 12.5 Å². The van der Waals surface area contributed by atoms with E-state index < -0.39 is 0 Å². The highest BCUT2D eigenvalue weighted by Gasteiger charge is 1.98. The van der Waals surface area contributed by atoms with Crippen molar-refractivity contribution >= 4 is 0 Å². The summed E-state index contributed by atoms with van der Waals surface area (Å²) in [5.74, 6) is 0.969. The number of para-hydroxylation sites is 1. The van der Waals surface area contributed by atoms with E-state index in [-0.39, 0.29) is 0 Å². The Morgan fingerprint density at radius 1 is 1.07 bits per heavy atom. The molecule has 0 aliphatic carbocycles. The van der Waals surface area contributed by atoms with Crippen molar-refractivity contribution < 1.29 is 4.74 Å². The van der Waals surface area contributed by atoms with Crippen molar-refractivity contribution in [3.8, 4) is 5.75 Å². The van der Waals surface area contributed by atoms with Gasteiger partial charge in [0.05, 0.1) is 6.61 Å². The molecule has 84 valence electrons. The number of hydrogen-bond acceptors (Lipinski definition) is 2. The van der Waals surface area contributed by atoms with Gasteiger partial charge in [-0.05, 0) is 31.6 Å². The summed E-state index contributed by atoms with van der Waals surface area (Å²) < 4.78 is 5.62. The fraction of sp³-hybridized carbons (Fsp3) is 0.538. The van der Waals surface area contributed by atoms with Gasteiger partial charge in [-0.1, -0.05) is 32.0 Å². The average Bonchev–Trinajstić information content (AvgIpc) is 2.31. The van der Waals surface area contributed by atoms with Crippen LogP contribution in [0, 0.1) is 0 Å². The second kappa shape index (κ2) is 7.30. The minimum absolute atomic E-state index is 0.806. The molecule has 0 spiro atoms. The molecule has 15 heavy (non-hydrogen) atoms. The van der Waals surface area contributed by atoms with Gasteiger partial charge in [0.2, 0.25) is 0 Å². The Labute approximate surface area is 92.9 Å². The molecule has 0 radical (unpaired) electrons. The third kappa shape index (κ3) is 4.84. The minimum Gasteiger partial charge on any atom is -0.494 e. The average molecular weight is 207 g/mol. The van der Waals surface area contributed by atoms with Gasteiger partial charge < -0.3 is 9.64 Å². The zero-order valence-electron chi connectivity index (χ0n) is 9.78. The molecule has 0 aliphatic heterocycles. The first kappa shape index (κ1) is 12.1. The molecule has 0 heterocycles. The van der Waals surface area contributed by atoms with E-state index in [2.05, 4.69) is 18.7 Å². The van der Waals surface area contributed by atoms with Gasteiger partial charge in [0.25, 0.3) is 0 Å². The standard InChI is InChI=1S/C13H21NO/c1-3-14(4-2)11-8-12-15-13-9-6-5-7-10-13/h5-7,9-10H,3-4,8,11-12H2,1-2H3. The molecular formula is C13H21NO. The maximum atomic E-state index is 5.62. The highest BCUT2D eigenvalue weighted by Crippen LogP contribution is 2.08.